The molecule has 26 heavy (non-hydrogen) atoms. The highest BCUT2D eigenvalue weighted by Crippen LogP contribution is 2.34. The van der Waals surface area contributed by atoms with Gasteiger partial charge in [-0.25, -0.2) is 4.79 Å². The quantitative estimate of drug-likeness (QED) is 0.590. The van der Waals surface area contributed by atoms with Crippen LogP contribution < -0.4 is 19.6 Å². The highest BCUT2D eigenvalue weighted by atomic mass is 16.5. The molecule has 0 spiro atoms. The van der Waals surface area contributed by atoms with Gasteiger partial charge in [-0.3, -0.25) is 4.79 Å². The Morgan fingerprint density at radius 1 is 1.12 bits per heavy atom. The second kappa shape index (κ2) is 8.61. The fourth-order valence-corrected chi connectivity index (χ4v) is 2.06. The van der Waals surface area contributed by atoms with Crippen LogP contribution in [0.5, 0.6) is 23.0 Å². The Morgan fingerprint density at radius 2 is 1.77 bits per heavy atom. The number of rotatable bonds is 7. The highest BCUT2D eigenvalue weighted by Gasteiger charge is 2.12. The summed E-state index contributed by atoms with van der Waals surface area (Å²) in [5, 5.41) is 9.11. The lowest BCUT2D eigenvalue weighted by molar-refractivity contribution is -0.139. The van der Waals surface area contributed by atoms with Gasteiger partial charge in [0.05, 0.1) is 26.9 Å². The minimum atomic E-state index is -0.666. The third-order valence-electron chi connectivity index (χ3n) is 3.36. The zero-order chi connectivity index (χ0) is 19.1. The van der Waals surface area contributed by atoms with Gasteiger partial charge in [0, 0.05) is 24.3 Å². The predicted molar refractivity (Wildman–Crippen MR) is 91.6 cm³/mol. The van der Waals surface area contributed by atoms with E-state index < -0.39 is 17.1 Å². The molecule has 1 aromatic carbocycles. The van der Waals surface area contributed by atoms with Gasteiger partial charge >= 0.3 is 5.97 Å². The number of carbonyl (C=O) groups excluding carboxylic acids is 1. The van der Waals surface area contributed by atoms with E-state index in [1.54, 1.807) is 12.1 Å². The molecule has 0 saturated carbocycles. The van der Waals surface area contributed by atoms with E-state index in [0.29, 0.717) is 22.8 Å². The second-order valence-corrected chi connectivity index (χ2v) is 4.98. The molecule has 138 valence electrons. The molecule has 1 N–H and O–H groups in total. The molecule has 0 radical (unpaired) electrons. The van der Waals surface area contributed by atoms with Crippen LogP contribution in [0.1, 0.15) is 11.3 Å². The molecule has 0 aliphatic heterocycles. The van der Waals surface area contributed by atoms with Crippen molar-refractivity contribution in [3.63, 3.8) is 0 Å². The first-order valence-corrected chi connectivity index (χ1v) is 7.44. The monoisotopic (exact) mass is 362 g/mol. The Kier molecular flexibility index (Phi) is 6.26. The number of hydrogen-bond donors (Lipinski definition) is 1. The van der Waals surface area contributed by atoms with Crippen LogP contribution in [0.4, 0.5) is 0 Å². The van der Waals surface area contributed by atoms with Gasteiger partial charge in [-0.2, -0.15) is 0 Å². The first-order chi connectivity index (χ1) is 12.5. The Labute approximate surface area is 149 Å². The van der Waals surface area contributed by atoms with Gasteiger partial charge in [0.2, 0.25) is 5.43 Å². The van der Waals surface area contributed by atoms with Crippen LogP contribution in [0.2, 0.25) is 0 Å². The lowest BCUT2D eigenvalue weighted by Crippen LogP contribution is -2.05. The summed E-state index contributed by atoms with van der Waals surface area (Å²) in [5.41, 5.74) is -0.0885. The molecule has 2 aromatic rings. The smallest absolute Gasteiger partial charge is 0.331 e. The molecule has 0 aliphatic carbocycles. The maximum atomic E-state index is 11.9. The second-order valence-electron chi connectivity index (χ2n) is 4.98. The normalized spacial score (nSPS) is 10.6. The number of methoxy groups -OCH3 is 3. The van der Waals surface area contributed by atoms with Crippen molar-refractivity contribution >= 4 is 12.0 Å². The number of benzene rings is 1. The van der Waals surface area contributed by atoms with Crippen molar-refractivity contribution in [3.8, 4) is 23.0 Å². The molecular weight excluding hydrogens is 344 g/mol. The third kappa shape index (κ3) is 4.56. The van der Waals surface area contributed by atoms with Gasteiger partial charge in [-0.15, -0.1) is 0 Å². The predicted octanol–water partition coefficient (Wildman–Crippen LogP) is 2.13. The molecule has 8 heteroatoms. The lowest BCUT2D eigenvalue weighted by Gasteiger charge is -2.12. The van der Waals surface area contributed by atoms with Crippen molar-refractivity contribution < 1.29 is 33.3 Å². The van der Waals surface area contributed by atoms with Crippen LogP contribution in [0, 0.1) is 0 Å². The molecule has 0 fully saturated rings. The Balaban J connectivity index is 2.12. The standard InChI is InChI=1S/C18H18O8/c1-22-11-7-16(23-2)13(17(8-11)24-3)4-5-18(21)26-9-12-6-14(19)15(20)10-25-12/h4-8,10,20H,9H2,1-3H3/b5-4+. The van der Waals surface area contributed by atoms with E-state index in [2.05, 4.69) is 0 Å². The van der Waals surface area contributed by atoms with Crippen molar-refractivity contribution in [2.24, 2.45) is 0 Å². The number of esters is 1. The van der Waals surface area contributed by atoms with E-state index in [0.717, 1.165) is 12.3 Å². The van der Waals surface area contributed by atoms with E-state index in [-0.39, 0.29) is 12.4 Å². The molecule has 0 atom stereocenters. The van der Waals surface area contributed by atoms with Crippen LogP contribution in [0.3, 0.4) is 0 Å². The summed E-state index contributed by atoms with van der Waals surface area (Å²) in [6, 6.07) is 4.35. The summed E-state index contributed by atoms with van der Waals surface area (Å²) in [7, 11) is 4.48. The van der Waals surface area contributed by atoms with Gasteiger partial charge in [0.1, 0.15) is 35.9 Å². The van der Waals surface area contributed by atoms with Crippen molar-refractivity contribution in [3.05, 3.63) is 52.1 Å². The molecule has 1 heterocycles. The topological polar surface area (TPSA) is 104 Å². The van der Waals surface area contributed by atoms with Crippen molar-refractivity contribution in [1.82, 2.24) is 0 Å². The molecule has 0 aliphatic rings. The number of carbonyl (C=O) groups is 1. The van der Waals surface area contributed by atoms with Gasteiger partial charge in [0.15, 0.2) is 5.75 Å². The minimum absolute atomic E-state index is 0.106. The van der Waals surface area contributed by atoms with Crippen LogP contribution in [-0.2, 0) is 16.1 Å². The maximum absolute atomic E-state index is 11.9. The van der Waals surface area contributed by atoms with Gasteiger partial charge in [-0.05, 0) is 6.08 Å². The summed E-state index contributed by atoms with van der Waals surface area (Å²) < 4.78 is 25.7. The van der Waals surface area contributed by atoms with Crippen LogP contribution >= 0.6 is 0 Å². The number of hydrogen-bond acceptors (Lipinski definition) is 8. The van der Waals surface area contributed by atoms with Crippen LogP contribution in [0.15, 0.2) is 39.7 Å². The molecule has 8 nitrogen and oxygen atoms in total. The molecule has 2 rings (SSSR count). The fourth-order valence-electron chi connectivity index (χ4n) is 2.06. The molecule has 0 unspecified atom stereocenters. The van der Waals surface area contributed by atoms with Crippen molar-refractivity contribution in [1.29, 1.82) is 0 Å². The summed E-state index contributed by atoms with van der Waals surface area (Å²) in [6.45, 7) is -0.254. The summed E-state index contributed by atoms with van der Waals surface area (Å²) in [6.07, 6.45) is 3.55. The average Bonchev–Trinajstić information content (AvgIpc) is 2.66. The van der Waals surface area contributed by atoms with Crippen molar-refractivity contribution in [2.75, 3.05) is 21.3 Å². The zero-order valence-corrected chi connectivity index (χ0v) is 14.5. The largest absolute Gasteiger partial charge is 0.502 e. The summed E-state index contributed by atoms with van der Waals surface area (Å²) in [5.74, 6) is 0.374. The van der Waals surface area contributed by atoms with E-state index in [1.807, 2.05) is 0 Å². The zero-order valence-electron chi connectivity index (χ0n) is 14.5. The fraction of sp³-hybridized carbons (Fsp3) is 0.222. The van der Waals surface area contributed by atoms with Crippen molar-refractivity contribution in [2.45, 2.75) is 6.61 Å². The first-order valence-electron chi connectivity index (χ1n) is 7.44. The van der Waals surface area contributed by atoms with Gasteiger partial charge < -0.3 is 28.5 Å². The van der Waals surface area contributed by atoms with E-state index in [4.69, 9.17) is 28.5 Å². The molecule has 0 bridgehead atoms. The Bertz CT molecular complexity index is 841. The minimum Gasteiger partial charge on any atom is -0.502 e. The molecule has 1 aromatic heterocycles. The number of ether oxygens (including phenoxy) is 4. The highest BCUT2D eigenvalue weighted by molar-refractivity contribution is 5.88. The molecule has 0 amide bonds. The summed E-state index contributed by atoms with van der Waals surface area (Å²) >= 11 is 0. The van der Waals surface area contributed by atoms with E-state index in [9.17, 15) is 9.59 Å². The van der Waals surface area contributed by atoms with Crippen LogP contribution in [-0.4, -0.2) is 32.4 Å². The van der Waals surface area contributed by atoms with E-state index >= 15 is 0 Å². The van der Waals surface area contributed by atoms with Gasteiger partial charge in [-0.1, -0.05) is 0 Å². The Hall–Kier alpha value is -3.42. The Morgan fingerprint density at radius 3 is 2.31 bits per heavy atom. The average molecular weight is 362 g/mol. The maximum Gasteiger partial charge on any atom is 0.331 e. The first kappa shape index (κ1) is 18.9. The molecule has 0 saturated heterocycles. The van der Waals surface area contributed by atoms with E-state index in [1.165, 1.54) is 33.5 Å². The third-order valence-corrected chi connectivity index (χ3v) is 3.36. The molecular formula is C18H18O8. The van der Waals surface area contributed by atoms with Gasteiger partial charge in [0.25, 0.3) is 0 Å². The number of aromatic hydroxyl groups is 1. The summed E-state index contributed by atoms with van der Waals surface area (Å²) in [4.78, 5) is 23.2. The van der Waals surface area contributed by atoms with Crippen LogP contribution in [0.25, 0.3) is 6.08 Å². The SMILES string of the molecule is COc1cc(OC)c(/C=C/C(=O)OCc2cc(=O)c(O)co2)c(OC)c1. The lowest BCUT2D eigenvalue weighted by atomic mass is 10.1.